The van der Waals surface area contributed by atoms with Gasteiger partial charge in [-0.3, -0.25) is 4.79 Å². The molecule has 0 aliphatic rings. The van der Waals surface area contributed by atoms with Crippen LogP contribution in [0.15, 0.2) is 53.5 Å². The summed E-state index contributed by atoms with van der Waals surface area (Å²) in [7, 11) is 0. The Morgan fingerprint density at radius 2 is 1.81 bits per heavy atom. The van der Waals surface area contributed by atoms with Gasteiger partial charge in [0.2, 0.25) is 5.91 Å². The molecule has 0 saturated carbocycles. The molecule has 5 nitrogen and oxygen atoms in total. The van der Waals surface area contributed by atoms with E-state index in [4.69, 9.17) is 5.73 Å². The van der Waals surface area contributed by atoms with Crippen molar-refractivity contribution in [1.82, 2.24) is 0 Å². The average molecular weight is 466 g/mol. The van der Waals surface area contributed by atoms with Crippen molar-refractivity contribution in [3.63, 3.8) is 0 Å². The molecule has 6 heteroatoms. The minimum Gasteiger partial charge on any atom is -0.370 e. The van der Waals surface area contributed by atoms with E-state index in [1.165, 1.54) is 5.56 Å². The highest BCUT2D eigenvalue weighted by atomic mass is 127. The van der Waals surface area contributed by atoms with Crippen LogP contribution < -0.4 is 16.4 Å². The Kier molecular flexibility index (Phi) is 9.12. The minimum absolute atomic E-state index is 0. The van der Waals surface area contributed by atoms with Crippen LogP contribution in [0.1, 0.15) is 31.4 Å². The van der Waals surface area contributed by atoms with Crippen LogP contribution in [0.25, 0.3) is 0 Å². The van der Waals surface area contributed by atoms with Crippen molar-refractivity contribution in [2.45, 2.75) is 33.7 Å². The highest BCUT2D eigenvalue weighted by molar-refractivity contribution is 14.0. The molecule has 2 rings (SSSR count). The standard InChI is InChI=1S/C20H26N4O.HI/c1-4-15(3)19(25)23-18-7-5-6-16(12-18)13-22-20(21)24-17-10-8-14(2)9-11-17;/h5-12,15H,4,13H2,1-3H3,(H,23,25)(H3,21,22,24);1H. The first-order valence-electron chi connectivity index (χ1n) is 8.51. The molecule has 0 saturated heterocycles. The number of hydrogen-bond donors (Lipinski definition) is 3. The molecule has 0 spiro atoms. The summed E-state index contributed by atoms with van der Waals surface area (Å²) in [5.74, 6) is 0.387. The van der Waals surface area contributed by atoms with Gasteiger partial charge in [-0.05, 0) is 43.2 Å². The zero-order valence-corrected chi connectivity index (χ0v) is 17.8. The molecule has 0 aromatic heterocycles. The first-order chi connectivity index (χ1) is 12.0. The molecule has 1 unspecified atom stereocenters. The average Bonchev–Trinajstić information content (AvgIpc) is 2.61. The molecular formula is C20H27IN4O. The molecule has 1 amide bonds. The maximum atomic E-state index is 12.0. The van der Waals surface area contributed by atoms with Gasteiger partial charge in [-0.25, -0.2) is 4.99 Å². The molecule has 0 aliphatic heterocycles. The zero-order valence-electron chi connectivity index (χ0n) is 15.5. The Bertz CT molecular complexity index is 744. The number of halogens is 1. The topological polar surface area (TPSA) is 79.5 Å². The predicted octanol–water partition coefficient (Wildman–Crippen LogP) is 4.52. The van der Waals surface area contributed by atoms with Crippen LogP contribution in [0, 0.1) is 12.8 Å². The molecule has 0 aliphatic carbocycles. The van der Waals surface area contributed by atoms with E-state index < -0.39 is 0 Å². The molecule has 26 heavy (non-hydrogen) atoms. The third-order valence-electron chi connectivity index (χ3n) is 4.01. The summed E-state index contributed by atoms with van der Waals surface area (Å²) in [6, 6.07) is 15.6. The van der Waals surface area contributed by atoms with Gasteiger partial charge in [0.1, 0.15) is 0 Å². The van der Waals surface area contributed by atoms with Gasteiger partial charge < -0.3 is 16.4 Å². The van der Waals surface area contributed by atoms with E-state index in [1.807, 2.05) is 69.3 Å². The minimum atomic E-state index is -0.00368. The third kappa shape index (κ3) is 7.03. The van der Waals surface area contributed by atoms with Crippen molar-refractivity contribution < 1.29 is 4.79 Å². The van der Waals surface area contributed by atoms with Crippen LogP contribution in [-0.2, 0) is 11.3 Å². The molecule has 2 aromatic rings. The number of benzene rings is 2. The summed E-state index contributed by atoms with van der Waals surface area (Å²) in [6.45, 7) is 6.39. The summed E-state index contributed by atoms with van der Waals surface area (Å²) in [6.07, 6.45) is 0.816. The van der Waals surface area contributed by atoms with Crippen molar-refractivity contribution in [3.05, 3.63) is 59.7 Å². The first-order valence-corrected chi connectivity index (χ1v) is 8.51. The summed E-state index contributed by atoms with van der Waals surface area (Å²) in [5.41, 5.74) is 9.80. The Morgan fingerprint density at radius 1 is 1.12 bits per heavy atom. The highest BCUT2D eigenvalue weighted by Crippen LogP contribution is 2.14. The van der Waals surface area contributed by atoms with Crippen molar-refractivity contribution in [1.29, 1.82) is 0 Å². The summed E-state index contributed by atoms with van der Waals surface area (Å²) < 4.78 is 0. The van der Waals surface area contributed by atoms with Gasteiger partial charge in [-0.2, -0.15) is 0 Å². The number of nitrogens with zero attached hydrogens (tertiary/aromatic N) is 1. The van der Waals surface area contributed by atoms with Gasteiger partial charge in [0.15, 0.2) is 5.96 Å². The number of aliphatic imine (C=N–C) groups is 1. The number of rotatable bonds is 6. The molecular weight excluding hydrogens is 439 g/mol. The van der Waals surface area contributed by atoms with Gasteiger partial charge in [-0.1, -0.05) is 43.7 Å². The van der Waals surface area contributed by atoms with E-state index in [0.29, 0.717) is 12.5 Å². The van der Waals surface area contributed by atoms with E-state index in [9.17, 15) is 4.79 Å². The van der Waals surface area contributed by atoms with Gasteiger partial charge in [0.25, 0.3) is 0 Å². The van der Waals surface area contributed by atoms with Gasteiger partial charge >= 0.3 is 0 Å². The molecule has 0 bridgehead atoms. The fourth-order valence-electron chi connectivity index (χ4n) is 2.20. The highest BCUT2D eigenvalue weighted by Gasteiger charge is 2.10. The maximum absolute atomic E-state index is 12.0. The van der Waals surface area contributed by atoms with Gasteiger partial charge in [0.05, 0.1) is 6.54 Å². The SMILES string of the molecule is CCC(C)C(=O)Nc1cccc(CN=C(N)Nc2ccc(C)cc2)c1.I. The second kappa shape index (κ2) is 10.8. The van der Waals surface area contributed by atoms with E-state index in [0.717, 1.165) is 23.4 Å². The van der Waals surface area contributed by atoms with Crippen LogP contribution in [0.5, 0.6) is 0 Å². The maximum Gasteiger partial charge on any atom is 0.227 e. The van der Waals surface area contributed by atoms with Crippen LogP contribution in [0.3, 0.4) is 0 Å². The zero-order chi connectivity index (χ0) is 18.2. The van der Waals surface area contributed by atoms with E-state index in [1.54, 1.807) is 0 Å². The summed E-state index contributed by atoms with van der Waals surface area (Å²) in [4.78, 5) is 16.3. The van der Waals surface area contributed by atoms with Crippen molar-refractivity contribution in [3.8, 4) is 0 Å². The van der Waals surface area contributed by atoms with Crippen molar-refractivity contribution >= 4 is 47.2 Å². The molecule has 0 heterocycles. The lowest BCUT2D eigenvalue weighted by Crippen LogP contribution is -2.22. The number of carbonyl (C=O) groups is 1. The number of aryl methyl sites for hydroxylation is 1. The number of nitrogens with one attached hydrogen (secondary N) is 2. The molecule has 2 aromatic carbocycles. The lowest BCUT2D eigenvalue weighted by atomic mass is 10.1. The molecule has 0 radical (unpaired) electrons. The van der Waals surface area contributed by atoms with Crippen LogP contribution in [0.2, 0.25) is 0 Å². The number of carbonyl (C=O) groups excluding carboxylic acids is 1. The Hall–Kier alpha value is -2.09. The molecule has 4 N–H and O–H groups in total. The normalized spacial score (nSPS) is 12.0. The van der Waals surface area contributed by atoms with Crippen molar-refractivity contribution in [2.75, 3.05) is 10.6 Å². The van der Waals surface area contributed by atoms with Gasteiger partial charge in [-0.15, -0.1) is 24.0 Å². The predicted molar refractivity (Wildman–Crippen MR) is 120 cm³/mol. The summed E-state index contributed by atoms with van der Waals surface area (Å²) in [5, 5.41) is 6.00. The van der Waals surface area contributed by atoms with Gasteiger partial charge in [0, 0.05) is 17.3 Å². The lowest BCUT2D eigenvalue weighted by molar-refractivity contribution is -0.119. The Labute approximate surface area is 172 Å². The second-order valence-electron chi connectivity index (χ2n) is 6.19. The smallest absolute Gasteiger partial charge is 0.227 e. The van der Waals surface area contributed by atoms with E-state index >= 15 is 0 Å². The Balaban J connectivity index is 0.00000338. The Morgan fingerprint density at radius 3 is 2.46 bits per heavy atom. The molecule has 140 valence electrons. The summed E-state index contributed by atoms with van der Waals surface area (Å²) >= 11 is 0. The monoisotopic (exact) mass is 466 g/mol. The van der Waals surface area contributed by atoms with Crippen molar-refractivity contribution in [2.24, 2.45) is 16.6 Å². The van der Waals surface area contributed by atoms with E-state index in [2.05, 4.69) is 15.6 Å². The number of guanidine groups is 1. The van der Waals surface area contributed by atoms with Crippen LogP contribution in [-0.4, -0.2) is 11.9 Å². The second-order valence-corrected chi connectivity index (χ2v) is 6.19. The lowest BCUT2D eigenvalue weighted by Gasteiger charge is -2.11. The first kappa shape index (κ1) is 22.0. The fourth-order valence-corrected chi connectivity index (χ4v) is 2.20. The molecule has 0 fully saturated rings. The number of nitrogens with two attached hydrogens (primary N) is 1. The number of amides is 1. The quantitative estimate of drug-likeness (QED) is 0.333. The van der Waals surface area contributed by atoms with Crippen LogP contribution in [0.4, 0.5) is 11.4 Å². The third-order valence-corrected chi connectivity index (χ3v) is 4.01. The fraction of sp³-hybridized carbons (Fsp3) is 0.300. The largest absolute Gasteiger partial charge is 0.370 e. The molecule has 1 atom stereocenters. The number of anilines is 2. The van der Waals surface area contributed by atoms with E-state index in [-0.39, 0.29) is 35.8 Å². The van der Waals surface area contributed by atoms with Crippen LogP contribution >= 0.6 is 24.0 Å². The number of hydrogen-bond acceptors (Lipinski definition) is 2.